The van der Waals surface area contributed by atoms with Crippen molar-refractivity contribution in [2.75, 3.05) is 19.3 Å². The van der Waals surface area contributed by atoms with Crippen molar-refractivity contribution in [2.24, 2.45) is 0 Å². The van der Waals surface area contributed by atoms with Crippen LogP contribution in [0.1, 0.15) is 20.8 Å². The average Bonchev–Trinajstić information content (AvgIpc) is 2.12. The van der Waals surface area contributed by atoms with Crippen molar-refractivity contribution in [3.05, 3.63) is 0 Å². The third-order valence-corrected chi connectivity index (χ3v) is 4.21. The number of hydrogen-bond donors (Lipinski definition) is 0. The Kier molecular flexibility index (Phi) is 3.96. The third kappa shape index (κ3) is 3.18. The van der Waals surface area contributed by atoms with Crippen LogP contribution in [0.3, 0.4) is 0 Å². The van der Waals surface area contributed by atoms with Crippen molar-refractivity contribution in [2.45, 2.75) is 38.2 Å². The second kappa shape index (κ2) is 4.71. The molecule has 0 spiro atoms. The summed E-state index contributed by atoms with van der Waals surface area (Å²) in [5.74, 6) is -0.329. The molecule has 0 N–H and O–H groups in total. The lowest BCUT2D eigenvalue weighted by Crippen LogP contribution is -2.52. The number of nitrogens with zero attached hydrogens (tertiary/aromatic N) is 1. The maximum Gasteiger partial charge on any atom is 0.240 e. The van der Waals surface area contributed by atoms with Crippen LogP contribution in [0.15, 0.2) is 0 Å². The van der Waals surface area contributed by atoms with Gasteiger partial charge in [0.25, 0.3) is 0 Å². The maximum absolute atomic E-state index is 11.9. The van der Waals surface area contributed by atoms with Crippen molar-refractivity contribution in [1.29, 1.82) is 0 Å². The number of sulfone groups is 1. The van der Waals surface area contributed by atoms with E-state index in [1.165, 1.54) is 6.92 Å². The Balaban J connectivity index is 2.74. The van der Waals surface area contributed by atoms with Gasteiger partial charge in [-0.25, -0.2) is 8.42 Å². The molecule has 0 saturated carbocycles. The third-order valence-electron chi connectivity index (χ3n) is 2.72. The summed E-state index contributed by atoms with van der Waals surface area (Å²) in [6, 6.07) is 0. The van der Waals surface area contributed by atoms with E-state index in [0.717, 1.165) is 6.26 Å². The largest absolute Gasteiger partial charge is 0.372 e. The van der Waals surface area contributed by atoms with Gasteiger partial charge < -0.3 is 9.64 Å². The first kappa shape index (κ1) is 13.4. The smallest absolute Gasteiger partial charge is 0.240 e. The molecule has 0 aromatic carbocycles. The summed E-state index contributed by atoms with van der Waals surface area (Å²) in [7, 11) is -3.32. The lowest BCUT2D eigenvalue weighted by atomic mass is 10.2. The minimum Gasteiger partial charge on any atom is -0.372 e. The predicted octanol–water partition coefficient (Wildman–Crippen LogP) is 0.0553. The Morgan fingerprint density at radius 1 is 1.31 bits per heavy atom. The van der Waals surface area contributed by atoms with E-state index < -0.39 is 15.1 Å². The summed E-state index contributed by atoms with van der Waals surface area (Å²) in [5, 5.41) is -0.968. The van der Waals surface area contributed by atoms with E-state index in [9.17, 15) is 13.2 Å². The molecule has 5 nitrogen and oxygen atoms in total. The number of amides is 1. The van der Waals surface area contributed by atoms with Gasteiger partial charge >= 0.3 is 0 Å². The summed E-state index contributed by atoms with van der Waals surface area (Å²) in [4.78, 5) is 13.5. The highest BCUT2D eigenvalue weighted by atomic mass is 32.2. The Morgan fingerprint density at radius 3 is 2.12 bits per heavy atom. The molecule has 3 atom stereocenters. The Labute approximate surface area is 96.7 Å². The minimum atomic E-state index is -3.32. The Morgan fingerprint density at radius 2 is 1.75 bits per heavy atom. The predicted molar refractivity (Wildman–Crippen MR) is 60.9 cm³/mol. The molecule has 0 bridgehead atoms. The van der Waals surface area contributed by atoms with E-state index in [4.69, 9.17) is 4.74 Å². The van der Waals surface area contributed by atoms with E-state index in [-0.39, 0.29) is 18.1 Å². The van der Waals surface area contributed by atoms with E-state index in [0.29, 0.717) is 13.1 Å². The first-order valence-electron chi connectivity index (χ1n) is 5.35. The van der Waals surface area contributed by atoms with Gasteiger partial charge in [-0.3, -0.25) is 4.79 Å². The van der Waals surface area contributed by atoms with Gasteiger partial charge in [0.15, 0.2) is 9.84 Å². The van der Waals surface area contributed by atoms with Gasteiger partial charge in [-0.1, -0.05) is 0 Å². The molecule has 1 aliphatic heterocycles. The van der Waals surface area contributed by atoms with Crippen LogP contribution < -0.4 is 0 Å². The molecule has 1 saturated heterocycles. The van der Waals surface area contributed by atoms with Crippen LogP contribution >= 0.6 is 0 Å². The van der Waals surface area contributed by atoms with Crippen LogP contribution in [0, 0.1) is 0 Å². The molecule has 1 fully saturated rings. The highest BCUT2D eigenvalue weighted by Crippen LogP contribution is 2.13. The Bertz CT molecular complexity index is 355. The van der Waals surface area contributed by atoms with Gasteiger partial charge in [-0.2, -0.15) is 0 Å². The maximum atomic E-state index is 11.9. The van der Waals surface area contributed by atoms with Crippen molar-refractivity contribution in [1.82, 2.24) is 4.90 Å². The van der Waals surface area contributed by atoms with Crippen LogP contribution in [0.4, 0.5) is 0 Å². The highest BCUT2D eigenvalue weighted by molar-refractivity contribution is 7.92. The molecule has 0 unspecified atom stereocenters. The molecule has 94 valence electrons. The zero-order chi connectivity index (χ0) is 12.5. The SMILES string of the molecule is C[C@@H]1CN(C(=O)[C@@H](C)S(C)(=O)=O)C[C@@H](C)O1. The van der Waals surface area contributed by atoms with Gasteiger partial charge in [0.05, 0.1) is 12.2 Å². The fourth-order valence-corrected chi connectivity index (χ4v) is 2.31. The monoisotopic (exact) mass is 249 g/mol. The molecule has 0 aromatic rings. The molecule has 0 radical (unpaired) electrons. The zero-order valence-electron chi connectivity index (χ0n) is 10.1. The molecule has 1 rings (SSSR count). The van der Waals surface area contributed by atoms with E-state index in [1.54, 1.807) is 4.90 Å². The molecular weight excluding hydrogens is 230 g/mol. The van der Waals surface area contributed by atoms with Crippen LogP contribution in [0.25, 0.3) is 0 Å². The van der Waals surface area contributed by atoms with Crippen molar-refractivity contribution in [3.63, 3.8) is 0 Å². The van der Waals surface area contributed by atoms with Gasteiger partial charge in [0.2, 0.25) is 5.91 Å². The first-order valence-corrected chi connectivity index (χ1v) is 7.30. The van der Waals surface area contributed by atoms with Gasteiger partial charge in [0, 0.05) is 19.3 Å². The van der Waals surface area contributed by atoms with E-state index in [2.05, 4.69) is 0 Å². The first-order chi connectivity index (χ1) is 7.21. The van der Waals surface area contributed by atoms with Gasteiger partial charge in [0.1, 0.15) is 5.25 Å². The van der Waals surface area contributed by atoms with E-state index >= 15 is 0 Å². The quantitative estimate of drug-likeness (QED) is 0.694. The summed E-state index contributed by atoms with van der Waals surface area (Å²) in [5.41, 5.74) is 0. The van der Waals surface area contributed by atoms with Crippen LogP contribution in [0.5, 0.6) is 0 Å². The molecule has 16 heavy (non-hydrogen) atoms. The van der Waals surface area contributed by atoms with Crippen LogP contribution in [0.2, 0.25) is 0 Å². The van der Waals surface area contributed by atoms with Crippen LogP contribution in [-0.4, -0.2) is 56.0 Å². The number of rotatable bonds is 2. The number of morpholine rings is 1. The fourth-order valence-electron chi connectivity index (χ4n) is 1.80. The molecule has 1 aliphatic rings. The van der Waals surface area contributed by atoms with Gasteiger partial charge in [-0.15, -0.1) is 0 Å². The lowest BCUT2D eigenvalue weighted by molar-refractivity contribution is -0.142. The van der Waals surface area contributed by atoms with Gasteiger partial charge in [-0.05, 0) is 20.8 Å². The molecular formula is C10H19NO4S. The normalized spacial score (nSPS) is 28.9. The summed E-state index contributed by atoms with van der Waals surface area (Å²) >= 11 is 0. The molecule has 6 heteroatoms. The standard InChI is InChI=1S/C10H19NO4S/c1-7-5-11(6-8(2)15-7)10(12)9(3)16(4,13)14/h7-9H,5-6H2,1-4H3/t7-,8-,9-/m1/s1. The Hall–Kier alpha value is -0.620. The second-order valence-electron chi connectivity index (χ2n) is 4.47. The fraction of sp³-hybridized carbons (Fsp3) is 0.900. The second-order valence-corrected chi connectivity index (χ2v) is 6.84. The van der Waals surface area contributed by atoms with Crippen molar-refractivity contribution >= 4 is 15.7 Å². The lowest BCUT2D eigenvalue weighted by Gasteiger charge is -2.36. The average molecular weight is 249 g/mol. The molecule has 0 aromatic heterocycles. The minimum absolute atomic E-state index is 0.0422. The summed E-state index contributed by atoms with van der Waals surface area (Å²) < 4.78 is 28.1. The number of hydrogen-bond acceptors (Lipinski definition) is 4. The molecule has 1 heterocycles. The topological polar surface area (TPSA) is 63.7 Å². The highest BCUT2D eigenvalue weighted by Gasteiger charge is 2.32. The summed E-state index contributed by atoms with van der Waals surface area (Å²) in [6.07, 6.45) is 1.00. The molecule has 0 aliphatic carbocycles. The van der Waals surface area contributed by atoms with Crippen molar-refractivity contribution < 1.29 is 17.9 Å². The van der Waals surface area contributed by atoms with E-state index in [1.807, 2.05) is 13.8 Å². The molecule has 1 amide bonds. The number of carbonyl (C=O) groups excluding carboxylic acids is 1. The van der Waals surface area contributed by atoms with Crippen molar-refractivity contribution in [3.8, 4) is 0 Å². The summed E-state index contributed by atoms with van der Waals surface area (Å²) in [6.45, 7) is 6.11. The number of ether oxygens (including phenoxy) is 1. The number of carbonyl (C=O) groups is 1. The van der Waals surface area contributed by atoms with Crippen LogP contribution in [-0.2, 0) is 19.4 Å². The zero-order valence-corrected chi connectivity index (χ0v) is 11.0.